The number of piperazine rings is 2. The number of nitrogens with zero attached hydrogens (tertiary/aromatic N) is 6. The summed E-state index contributed by atoms with van der Waals surface area (Å²) in [6, 6.07) is 20.5. The van der Waals surface area contributed by atoms with Crippen LogP contribution in [0.1, 0.15) is 0 Å². The number of pyridine rings is 2. The number of thiazole rings is 2. The van der Waals surface area contributed by atoms with E-state index < -0.39 is 11.3 Å². The summed E-state index contributed by atoms with van der Waals surface area (Å²) in [7, 11) is 0. The Morgan fingerprint density at radius 1 is 0.636 bits per heavy atom. The van der Waals surface area contributed by atoms with Gasteiger partial charge in [-0.25, -0.2) is 24.5 Å². The number of benzene rings is 2. The maximum atomic E-state index is 12.6. The number of anilines is 2. The van der Waals surface area contributed by atoms with Crippen LogP contribution in [0.3, 0.4) is 0 Å². The zero-order chi connectivity index (χ0) is 36.8. The summed E-state index contributed by atoms with van der Waals surface area (Å²) in [5.74, 6) is 1.65. The molecule has 55 heavy (non-hydrogen) atoms. The first-order valence-electron chi connectivity index (χ1n) is 17.3. The van der Waals surface area contributed by atoms with E-state index in [0.29, 0.717) is 53.5 Å². The van der Waals surface area contributed by atoms with E-state index in [0.717, 1.165) is 84.2 Å². The van der Waals surface area contributed by atoms with Crippen molar-refractivity contribution in [2.75, 3.05) is 62.2 Å². The number of fused-ring (bicyclic) bond motifs is 4. The van der Waals surface area contributed by atoms with E-state index in [4.69, 9.17) is 32.0 Å². The molecule has 0 amide bonds. The molecule has 2 aliphatic heterocycles. The lowest BCUT2D eigenvalue weighted by Gasteiger charge is -2.28. The van der Waals surface area contributed by atoms with Gasteiger partial charge in [0.1, 0.15) is 38.3 Å². The lowest BCUT2D eigenvalue weighted by atomic mass is 10.2. The minimum atomic E-state index is -0.442. The van der Waals surface area contributed by atoms with Gasteiger partial charge in [-0.05, 0) is 48.5 Å². The highest BCUT2D eigenvalue weighted by molar-refractivity contribution is 7.22. The van der Waals surface area contributed by atoms with Gasteiger partial charge in [-0.1, -0.05) is 35.3 Å². The largest absolute Gasteiger partial charge is 0.422 e. The van der Waals surface area contributed by atoms with Crippen LogP contribution in [0.4, 0.5) is 11.6 Å². The predicted molar refractivity (Wildman–Crippen MR) is 225 cm³/mol. The van der Waals surface area contributed by atoms with Gasteiger partial charge in [0.15, 0.2) is 0 Å². The van der Waals surface area contributed by atoms with E-state index in [1.807, 2.05) is 42.5 Å². The van der Waals surface area contributed by atoms with Crippen LogP contribution in [0.25, 0.3) is 63.6 Å². The van der Waals surface area contributed by atoms with Crippen LogP contribution in [-0.2, 0) is 0 Å². The van der Waals surface area contributed by atoms with Crippen LogP contribution < -0.4 is 31.7 Å². The van der Waals surface area contributed by atoms with Gasteiger partial charge in [0.05, 0.1) is 30.6 Å². The number of hydrogen-bond donors (Lipinski definition) is 2. The molecule has 10 rings (SSSR count). The summed E-state index contributed by atoms with van der Waals surface area (Å²) < 4.78 is 13.0. The van der Waals surface area contributed by atoms with Gasteiger partial charge < -0.3 is 29.3 Å². The Hall–Kier alpha value is -4.67. The molecule has 0 radical (unpaired) electrons. The molecule has 8 heterocycles. The normalized spacial score (nSPS) is 14.7. The summed E-state index contributed by atoms with van der Waals surface area (Å²) in [5, 5.41) is 10.5. The molecule has 8 aromatic rings. The lowest BCUT2D eigenvalue weighted by Crippen LogP contribution is -2.43. The Kier molecular flexibility index (Phi) is 10.7. The predicted octanol–water partition coefficient (Wildman–Crippen LogP) is 7.48. The van der Waals surface area contributed by atoms with Crippen LogP contribution in [0.2, 0.25) is 10.0 Å². The molecule has 0 saturated carbocycles. The zero-order valence-corrected chi connectivity index (χ0v) is 32.8. The molecule has 0 atom stereocenters. The summed E-state index contributed by atoms with van der Waals surface area (Å²) in [5.41, 5.74) is 2.28. The third kappa shape index (κ3) is 7.51. The smallest absolute Gasteiger partial charge is 0.347 e. The van der Waals surface area contributed by atoms with Crippen LogP contribution in [0.5, 0.6) is 0 Å². The van der Waals surface area contributed by atoms with E-state index in [9.17, 15) is 9.59 Å². The summed E-state index contributed by atoms with van der Waals surface area (Å²) in [6.45, 7) is 7.21. The van der Waals surface area contributed by atoms with E-state index in [1.165, 1.54) is 22.7 Å². The van der Waals surface area contributed by atoms with Crippen LogP contribution in [0, 0.1) is 0 Å². The highest BCUT2D eigenvalue weighted by atomic mass is 35.5. The average Bonchev–Trinajstić information content (AvgIpc) is 3.85. The standard InChI is InChI=1S/2C19H15ClN4O2S.ClH/c20-13-2-1-3-15-17(13)23-18(27-15)12-8-11-10-22-16(9-14(11)26-19(12)25)24-6-4-21-5-7-24;20-13-2-1-3-14-16(13)23-18(27-14)12-10-11-4-5-15(22-17(11)26-19(12)25)24-8-6-21-7-9-24;/h1-3,8-10,21H,4-7H2;1-5,10,21H,6-9H2;1H. The summed E-state index contributed by atoms with van der Waals surface area (Å²) >= 11 is 15.3. The van der Waals surface area contributed by atoms with Gasteiger partial charge >= 0.3 is 11.3 Å². The van der Waals surface area contributed by atoms with Gasteiger partial charge in [-0.2, -0.15) is 4.98 Å². The molecule has 0 bridgehead atoms. The Labute approximate surface area is 337 Å². The minimum absolute atomic E-state index is 0. The molecule has 12 nitrogen and oxygen atoms in total. The molecule has 2 N–H and O–H groups in total. The second-order valence-corrected chi connectivity index (χ2v) is 15.6. The van der Waals surface area contributed by atoms with Crippen molar-refractivity contribution in [1.29, 1.82) is 0 Å². The van der Waals surface area contributed by atoms with Gasteiger partial charge in [-0.3, -0.25) is 0 Å². The maximum Gasteiger partial charge on any atom is 0.347 e. The van der Waals surface area contributed by atoms with Crippen LogP contribution >= 0.6 is 58.3 Å². The van der Waals surface area contributed by atoms with Crippen molar-refractivity contribution in [3.8, 4) is 21.1 Å². The Morgan fingerprint density at radius 2 is 1.18 bits per heavy atom. The average molecular weight is 834 g/mol. The van der Waals surface area contributed by atoms with Crippen LogP contribution in [0.15, 0.2) is 91.4 Å². The molecule has 2 saturated heterocycles. The number of halogens is 3. The fourth-order valence-corrected chi connectivity index (χ4v) is 9.03. The van der Waals surface area contributed by atoms with Crippen molar-refractivity contribution < 1.29 is 8.83 Å². The SMILES string of the molecule is Cl.O=c1oc2cc(N3CCNCC3)ncc2cc1-c1nc2c(Cl)cccc2s1.O=c1oc2nc(N3CCNCC3)ccc2cc1-c1nc2c(Cl)cccc2s1. The van der Waals surface area contributed by atoms with E-state index in [1.54, 1.807) is 30.5 Å². The van der Waals surface area contributed by atoms with Crippen molar-refractivity contribution in [2.24, 2.45) is 0 Å². The topological polar surface area (TPSA) is 143 Å². The number of rotatable bonds is 4. The van der Waals surface area contributed by atoms with Crippen molar-refractivity contribution in [1.82, 2.24) is 30.6 Å². The van der Waals surface area contributed by atoms with Crippen molar-refractivity contribution >= 4 is 112 Å². The minimum Gasteiger partial charge on any atom is -0.422 e. The first-order chi connectivity index (χ1) is 26.4. The second-order valence-electron chi connectivity index (χ2n) is 12.7. The Bertz CT molecular complexity index is 2620. The number of hydrogen-bond acceptors (Lipinski definition) is 14. The van der Waals surface area contributed by atoms with Gasteiger partial charge in [0.2, 0.25) is 5.71 Å². The zero-order valence-electron chi connectivity index (χ0n) is 28.9. The van der Waals surface area contributed by atoms with Crippen molar-refractivity contribution in [3.63, 3.8) is 0 Å². The molecule has 0 aliphatic carbocycles. The third-order valence-electron chi connectivity index (χ3n) is 9.27. The Balaban J connectivity index is 0.000000153. The Morgan fingerprint density at radius 3 is 1.76 bits per heavy atom. The lowest BCUT2D eigenvalue weighted by molar-refractivity contribution is 0.548. The summed E-state index contributed by atoms with van der Waals surface area (Å²) in [6.07, 6.45) is 1.75. The van der Waals surface area contributed by atoms with E-state index >= 15 is 0 Å². The third-order valence-corrected chi connectivity index (χ3v) is 12.0. The quantitative estimate of drug-likeness (QED) is 0.182. The van der Waals surface area contributed by atoms with E-state index in [-0.39, 0.29) is 12.4 Å². The summed E-state index contributed by atoms with van der Waals surface area (Å²) in [4.78, 5) is 47.7. The monoisotopic (exact) mass is 832 g/mol. The molecular formula is C38H31Cl3N8O4S2. The second kappa shape index (κ2) is 15.8. The molecular weight excluding hydrogens is 803 g/mol. The number of aromatic nitrogens is 4. The molecule has 280 valence electrons. The fraction of sp³-hybridized carbons (Fsp3) is 0.211. The molecule has 17 heteroatoms. The molecule has 0 unspecified atom stereocenters. The van der Waals surface area contributed by atoms with Gasteiger partial charge in [0.25, 0.3) is 0 Å². The van der Waals surface area contributed by atoms with Gasteiger partial charge in [0, 0.05) is 75.4 Å². The molecule has 6 aromatic heterocycles. The van der Waals surface area contributed by atoms with Crippen molar-refractivity contribution in [3.05, 3.63) is 104 Å². The number of para-hydroxylation sites is 2. The number of nitrogens with one attached hydrogen (secondary N) is 2. The highest BCUT2D eigenvalue weighted by Gasteiger charge is 2.19. The first-order valence-corrected chi connectivity index (χ1v) is 19.7. The first kappa shape index (κ1) is 37.3. The maximum absolute atomic E-state index is 12.6. The highest BCUT2D eigenvalue weighted by Crippen LogP contribution is 2.35. The molecule has 2 aliphatic rings. The fourth-order valence-electron chi connectivity index (χ4n) is 6.49. The molecule has 2 fully saturated rings. The van der Waals surface area contributed by atoms with E-state index in [2.05, 4.69) is 40.4 Å². The van der Waals surface area contributed by atoms with Gasteiger partial charge in [-0.15, -0.1) is 35.1 Å². The molecule has 0 spiro atoms. The van der Waals surface area contributed by atoms with Crippen molar-refractivity contribution in [2.45, 2.75) is 0 Å². The van der Waals surface area contributed by atoms with Crippen LogP contribution in [-0.4, -0.2) is 72.3 Å². The molecule has 2 aromatic carbocycles.